The summed E-state index contributed by atoms with van der Waals surface area (Å²) in [5, 5.41) is 25.0. The highest BCUT2D eigenvalue weighted by Gasteiger charge is 2.37. The van der Waals surface area contributed by atoms with E-state index >= 15 is 0 Å². The summed E-state index contributed by atoms with van der Waals surface area (Å²) in [6.07, 6.45) is 4.58. The Kier molecular flexibility index (Phi) is 7.40. The number of aliphatic carboxylic acids is 1. The highest BCUT2D eigenvalue weighted by Crippen LogP contribution is 2.35. The molecule has 13 heteroatoms. The van der Waals surface area contributed by atoms with Crippen molar-refractivity contribution in [2.45, 2.75) is 33.6 Å². The Labute approximate surface area is 232 Å². The lowest BCUT2D eigenvalue weighted by Crippen LogP contribution is -2.43. The van der Waals surface area contributed by atoms with Gasteiger partial charge in [0, 0.05) is 43.2 Å². The van der Waals surface area contributed by atoms with Crippen molar-refractivity contribution >= 4 is 56.0 Å². The molecular weight excluding hydrogens is 536 g/mol. The number of nitrogens with one attached hydrogen (secondary N) is 2. The van der Waals surface area contributed by atoms with Crippen molar-refractivity contribution in [1.82, 2.24) is 30.5 Å². The van der Waals surface area contributed by atoms with E-state index in [0.717, 1.165) is 26.4 Å². The summed E-state index contributed by atoms with van der Waals surface area (Å²) in [6, 6.07) is 3.56. The van der Waals surface area contributed by atoms with Crippen LogP contribution in [0.15, 0.2) is 24.5 Å². The van der Waals surface area contributed by atoms with Crippen LogP contribution < -0.4 is 15.5 Å². The highest BCUT2D eigenvalue weighted by atomic mass is 32.1. The maximum Gasteiger partial charge on any atom is 0.321 e. The molecule has 11 nitrogen and oxygen atoms in total. The SMILES string of the molecule is CCNC(=O)Nc1nc2cc(-c3cnc(N4CCC(C)(C(=O)O)CC4)nc3)cc(C#Cc3nnc(C)s3)c2s1. The molecule has 1 fully saturated rings. The van der Waals surface area contributed by atoms with Crippen LogP contribution in [-0.4, -0.2) is 61.9 Å². The van der Waals surface area contributed by atoms with Crippen LogP contribution in [0.3, 0.4) is 0 Å². The lowest BCUT2D eigenvalue weighted by atomic mass is 9.80. The van der Waals surface area contributed by atoms with Gasteiger partial charge in [-0.2, -0.15) is 0 Å². The van der Waals surface area contributed by atoms with Crippen LogP contribution in [-0.2, 0) is 4.79 Å². The van der Waals surface area contributed by atoms with E-state index in [1.165, 1.54) is 22.7 Å². The second kappa shape index (κ2) is 10.9. The standard InChI is InChI=1S/C26H26N8O3S2/c1-4-27-24(37)31-25-30-19-12-17(11-16(21(19)39-25)5-6-20-33-32-15(2)38-20)18-13-28-23(29-14-18)34-9-7-26(3,8-10-34)22(35)36/h11-14H,4,7-10H2,1-3H3,(H,35,36)(H2,27,30,31,37). The van der Waals surface area contributed by atoms with Crippen molar-refractivity contribution in [1.29, 1.82) is 0 Å². The van der Waals surface area contributed by atoms with E-state index in [4.69, 9.17) is 0 Å². The van der Waals surface area contributed by atoms with Crippen molar-refractivity contribution in [3.8, 4) is 23.0 Å². The van der Waals surface area contributed by atoms with E-state index in [9.17, 15) is 14.7 Å². The molecule has 0 radical (unpaired) electrons. The molecule has 4 heterocycles. The molecule has 4 aromatic rings. The number of fused-ring (bicyclic) bond motifs is 1. The number of amides is 2. The Morgan fingerprint density at radius 1 is 1.10 bits per heavy atom. The number of carboxylic acid groups (broad SMARTS) is 1. The number of rotatable bonds is 5. The smallest absolute Gasteiger partial charge is 0.321 e. The second-order valence-electron chi connectivity index (χ2n) is 9.38. The summed E-state index contributed by atoms with van der Waals surface area (Å²) in [5.41, 5.74) is 2.34. The number of carbonyl (C=O) groups is 2. The zero-order valence-electron chi connectivity index (χ0n) is 21.6. The molecule has 0 bridgehead atoms. The first-order valence-corrected chi connectivity index (χ1v) is 14.0. The number of aryl methyl sites for hydroxylation is 1. The maximum atomic E-state index is 12.1. The number of aromatic nitrogens is 5. The van der Waals surface area contributed by atoms with Gasteiger partial charge in [-0.3, -0.25) is 10.1 Å². The summed E-state index contributed by atoms with van der Waals surface area (Å²) in [7, 11) is 0. The van der Waals surface area contributed by atoms with Crippen LogP contribution in [0.1, 0.15) is 42.3 Å². The first-order chi connectivity index (χ1) is 18.7. The van der Waals surface area contributed by atoms with Crippen LogP contribution in [0, 0.1) is 24.2 Å². The molecule has 1 saturated heterocycles. The normalized spacial score (nSPS) is 14.5. The molecule has 0 spiro atoms. The van der Waals surface area contributed by atoms with Crippen LogP contribution >= 0.6 is 22.7 Å². The molecular formula is C26H26N8O3S2. The van der Waals surface area contributed by atoms with Gasteiger partial charge in [0.05, 0.1) is 15.6 Å². The summed E-state index contributed by atoms with van der Waals surface area (Å²) in [4.78, 5) is 39.4. The number of piperidine rings is 1. The summed E-state index contributed by atoms with van der Waals surface area (Å²) in [5.74, 6) is 6.09. The molecule has 1 aromatic carbocycles. The first kappa shape index (κ1) is 26.5. The number of anilines is 2. The third-order valence-electron chi connectivity index (χ3n) is 6.52. The molecule has 0 unspecified atom stereocenters. The van der Waals surface area contributed by atoms with E-state index < -0.39 is 11.4 Å². The van der Waals surface area contributed by atoms with Crippen molar-refractivity contribution in [3.63, 3.8) is 0 Å². The monoisotopic (exact) mass is 562 g/mol. The van der Waals surface area contributed by atoms with Crippen LogP contribution in [0.5, 0.6) is 0 Å². The fourth-order valence-corrected chi connectivity index (χ4v) is 5.62. The van der Waals surface area contributed by atoms with E-state index in [2.05, 4.69) is 47.6 Å². The second-order valence-corrected chi connectivity index (χ2v) is 11.6. The molecule has 1 aliphatic heterocycles. The number of urea groups is 1. The zero-order chi connectivity index (χ0) is 27.6. The molecule has 200 valence electrons. The fourth-order valence-electron chi connectivity index (χ4n) is 4.16. The molecule has 1 aliphatic rings. The van der Waals surface area contributed by atoms with Crippen molar-refractivity contribution in [2.75, 3.05) is 29.9 Å². The number of thiazole rings is 1. The minimum absolute atomic E-state index is 0.320. The number of carboxylic acids is 1. The molecule has 0 aliphatic carbocycles. The van der Waals surface area contributed by atoms with Gasteiger partial charge in [0.2, 0.25) is 5.95 Å². The number of nitrogens with zero attached hydrogens (tertiary/aromatic N) is 6. The molecule has 0 atom stereocenters. The molecule has 2 amide bonds. The Morgan fingerprint density at radius 3 is 2.49 bits per heavy atom. The molecule has 3 N–H and O–H groups in total. The van der Waals surface area contributed by atoms with Gasteiger partial charge in [-0.25, -0.2) is 19.7 Å². The number of carbonyl (C=O) groups excluding carboxylic acids is 1. The average molecular weight is 563 g/mol. The molecule has 39 heavy (non-hydrogen) atoms. The van der Waals surface area contributed by atoms with Gasteiger partial charge in [-0.15, -0.1) is 10.2 Å². The molecule has 0 saturated carbocycles. The Morgan fingerprint density at radius 2 is 1.85 bits per heavy atom. The topological polar surface area (TPSA) is 146 Å². The highest BCUT2D eigenvalue weighted by molar-refractivity contribution is 7.22. The molecule has 5 rings (SSSR count). The number of benzene rings is 1. The van der Waals surface area contributed by atoms with E-state index in [1.54, 1.807) is 19.3 Å². The lowest BCUT2D eigenvalue weighted by Gasteiger charge is -2.36. The van der Waals surface area contributed by atoms with Gasteiger partial charge in [-0.1, -0.05) is 28.6 Å². The van der Waals surface area contributed by atoms with E-state index in [0.29, 0.717) is 54.1 Å². The summed E-state index contributed by atoms with van der Waals surface area (Å²) < 4.78 is 0.839. The van der Waals surface area contributed by atoms with Crippen LogP contribution in [0.2, 0.25) is 0 Å². The number of hydrogen-bond acceptors (Lipinski definition) is 10. The van der Waals surface area contributed by atoms with E-state index in [-0.39, 0.29) is 6.03 Å². The number of hydrogen-bond donors (Lipinski definition) is 3. The van der Waals surface area contributed by atoms with Crippen molar-refractivity contribution < 1.29 is 14.7 Å². The Hall–Kier alpha value is -4.15. The fraction of sp³-hybridized carbons (Fsp3) is 0.346. The minimum Gasteiger partial charge on any atom is -0.481 e. The predicted molar refractivity (Wildman–Crippen MR) is 151 cm³/mol. The third kappa shape index (κ3) is 5.81. The average Bonchev–Trinajstić information content (AvgIpc) is 3.53. The van der Waals surface area contributed by atoms with Gasteiger partial charge < -0.3 is 15.3 Å². The van der Waals surface area contributed by atoms with Gasteiger partial charge in [-0.05, 0) is 57.2 Å². The van der Waals surface area contributed by atoms with Crippen LogP contribution in [0.25, 0.3) is 21.3 Å². The predicted octanol–water partition coefficient (Wildman–Crippen LogP) is 4.15. The first-order valence-electron chi connectivity index (χ1n) is 12.4. The largest absolute Gasteiger partial charge is 0.481 e. The van der Waals surface area contributed by atoms with Gasteiger partial charge in [0.15, 0.2) is 10.1 Å². The summed E-state index contributed by atoms with van der Waals surface area (Å²) >= 11 is 2.77. The minimum atomic E-state index is -0.764. The van der Waals surface area contributed by atoms with Crippen molar-refractivity contribution in [3.05, 3.63) is 40.1 Å². The quantitative estimate of drug-likeness (QED) is 0.305. The van der Waals surface area contributed by atoms with E-state index in [1.807, 2.05) is 30.9 Å². The molecule has 3 aromatic heterocycles. The van der Waals surface area contributed by atoms with Gasteiger partial charge in [0.25, 0.3) is 0 Å². The Bertz CT molecular complexity index is 1590. The van der Waals surface area contributed by atoms with Crippen molar-refractivity contribution in [2.24, 2.45) is 5.41 Å². The Balaban J connectivity index is 1.45. The zero-order valence-corrected chi connectivity index (χ0v) is 23.2. The van der Waals surface area contributed by atoms with Crippen LogP contribution in [0.4, 0.5) is 15.9 Å². The summed E-state index contributed by atoms with van der Waals surface area (Å²) in [6.45, 7) is 7.18. The van der Waals surface area contributed by atoms with Gasteiger partial charge in [0.1, 0.15) is 5.01 Å². The maximum absolute atomic E-state index is 12.1. The third-order valence-corrected chi connectivity index (χ3v) is 8.29. The lowest BCUT2D eigenvalue weighted by molar-refractivity contribution is -0.149. The van der Waals surface area contributed by atoms with Gasteiger partial charge >= 0.3 is 12.0 Å².